The number of aryl methyl sites for hydroxylation is 1. The van der Waals surface area contributed by atoms with Gasteiger partial charge in [-0.05, 0) is 30.0 Å². The van der Waals surface area contributed by atoms with Gasteiger partial charge in [0, 0.05) is 6.04 Å². The third-order valence-electron chi connectivity index (χ3n) is 2.85. The normalized spacial score (nSPS) is 13.9. The molecule has 15 heavy (non-hydrogen) atoms. The summed E-state index contributed by atoms with van der Waals surface area (Å²) in [6.07, 6.45) is 1.11. The van der Waals surface area contributed by atoms with E-state index in [0.29, 0.717) is 6.04 Å². The van der Waals surface area contributed by atoms with Crippen LogP contribution in [-0.2, 0) is 6.42 Å². The Kier molecular flexibility index (Phi) is 3.92. The lowest BCUT2D eigenvalue weighted by Crippen LogP contribution is -2.29. The molecule has 1 heteroatoms. The number of hydrogen-bond acceptors (Lipinski definition) is 1. The zero-order valence-electron chi connectivity index (χ0n) is 10.6. The quantitative estimate of drug-likeness (QED) is 0.795. The molecule has 1 aromatic rings. The first-order valence-corrected chi connectivity index (χ1v) is 5.75. The molecule has 0 saturated heterocycles. The average Bonchev–Trinajstić information content (AvgIpc) is 2.17. The minimum atomic E-state index is 0.251. The van der Waals surface area contributed by atoms with Crippen LogP contribution in [0.25, 0.3) is 0 Å². The molecule has 84 valence electrons. The van der Waals surface area contributed by atoms with Crippen molar-refractivity contribution < 1.29 is 0 Å². The highest BCUT2D eigenvalue weighted by molar-refractivity contribution is 5.27. The van der Waals surface area contributed by atoms with Crippen LogP contribution in [0.3, 0.4) is 0 Å². The van der Waals surface area contributed by atoms with Gasteiger partial charge in [0.05, 0.1) is 0 Å². The Hall–Kier alpha value is -0.820. The van der Waals surface area contributed by atoms with E-state index < -0.39 is 0 Å². The molecule has 0 amide bonds. The van der Waals surface area contributed by atoms with Gasteiger partial charge in [0.25, 0.3) is 0 Å². The SMILES string of the molecule is CCc1cccc(C(NC)C(C)(C)C)c1. The van der Waals surface area contributed by atoms with Gasteiger partial charge in [0.2, 0.25) is 0 Å². The molecule has 0 bridgehead atoms. The van der Waals surface area contributed by atoms with E-state index in [1.807, 2.05) is 7.05 Å². The Bertz CT molecular complexity index is 309. The molecule has 0 fully saturated rings. The zero-order valence-corrected chi connectivity index (χ0v) is 10.6. The van der Waals surface area contributed by atoms with Crippen molar-refractivity contribution in [1.29, 1.82) is 0 Å². The van der Waals surface area contributed by atoms with Crippen molar-refractivity contribution in [3.63, 3.8) is 0 Å². The molecule has 1 atom stereocenters. The lowest BCUT2D eigenvalue weighted by atomic mass is 9.82. The maximum absolute atomic E-state index is 3.41. The van der Waals surface area contributed by atoms with E-state index in [-0.39, 0.29) is 5.41 Å². The summed E-state index contributed by atoms with van der Waals surface area (Å²) in [4.78, 5) is 0. The Morgan fingerprint density at radius 3 is 2.40 bits per heavy atom. The Balaban J connectivity index is 3.02. The van der Waals surface area contributed by atoms with E-state index in [1.54, 1.807) is 0 Å². The highest BCUT2D eigenvalue weighted by Gasteiger charge is 2.24. The van der Waals surface area contributed by atoms with E-state index in [4.69, 9.17) is 0 Å². The van der Waals surface area contributed by atoms with Gasteiger partial charge in [0.15, 0.2) is 0 Å². The summed E-state index contributed by atoms with van der Waals surface area (Å²) in [6.45, 7) is 9.01. The van der Waals surface area contributed by atoms with Gasteiger partial charge in [-0.3, -0.25) is 0 Å². The Labute approximate surface area is 93.9 Å². The Morgan fingerprint density at radius 2 is 1.93 bits per heavy atom. The van der Waals surface area contributed by atoms with Gasteiger partial charge >= 0.3 is 0 Å². The van der Waals surface area contributed by atoms with Crippen LogP contribution in [0.15, 0.2) is 24.3 Å². The second-order valence-electron chi connectivity index (χ2n) is 5.19. The molecule has 0 radical (unpaired) electrons. The number of benzene rings is 1. The van der Waals surface area contributed by atoms with Crippen LogP contribution in [0.2, 0.25) is 0 Å². The fraction of sp³-hybridized carbons (Fsp3) is 0.571. The van der Waals surface area contributed by atoms with Crippen LogP contribution in [0.5, 0.6) is 0 Å². The molecule has 1 unspecified atom stereocenters. The first-order chi connectivity index (χ1) is 6.99. The van der Waals surface area contributed by atoms with E-state index in [1.165, 1.54) is 11.1 Å². The van der Waals surface area contributed by atoms with Crippen molar-refractivity contribution in [2.45, 2.75) is 40.2 Å². The van der Waals surface area contributed by atoms with Crippen molar-refractivity contribution in [3.05, 3.63) is 35.4 Å². The second kappa shape index (κ2) is 4.80. The molecule has 0 saturated carbocycles. The maximum Gasteiger partial charge on any atom is 0.0366 e. The van der Waals surface area contributed by atoms with Crippen LogP contribution >= 0.6 is 0 Å². The fourth-order valence-electron chi connectivity index (χ4n) is 2.09. The van der Waals surface area contributed by atoms with Crippen molar-refractivity contribution in [2.75, 3.05) is 7.05 Å². The summed E-state index contributed by atoms with van der Waals surface area (Å²) in [5.41, 5.74) is 3.06. The molecular weight excluding hydrogens is 182 g/mol. The van der Waals surface area contributed by atoms with Crippen LogP contribution < -0.4 is 5.32 Å². The minimum Gasteiger partial charge on any atom is -0.313 e. The first kappa shape index (κ1) is 12.3. The summed E-state index contributed by atoms with van der Waals surface area (Å²) < 4.78 is 0. The minimum absolute atomic E-state index is 0.251. The van der Waals surface area contributed by atoms with Gasteiger partial charge < -0.3 is 5.32 Å². The maximum atomic E-state index is 3.41. The summed E-state index contributed by atoms with van der Waals surface area (Å²) in [5.74, 6) is 0. The average molecular weight is 205 g/mol. The molecule has 0 aliphatic carbocycles. The molecule has 1 nitrogen and oxygen atoms in total. The summed E-state index contributed by atoms with van der Waals surface area (Å²) in [6, 6.07) is 9.30. The fourth-order valence-corrected chi connectivity index (χ4v) is 2.09. The molecule has 1 aromatic carbocycles. The predicted octanol–water partition coefficient (Wildman–Crippen LogP) is 3.56. The highest BCUT2D eigenvalue weighted by atomic mass is 14.9. The molecule has 0 aliphatic rings. The van der Waals surface area contributed by atoms with Crippen LogP contribution in [0, 0.1) is 5.41 Å². The van der Waals surface area contributed by atoms with E-state index >= 15 is 0 Å². The van der Waals surface area contributed by atoms with Gasteiger partial charge in [-0.15, -0.1) is 0 Å². The molecule has 0 aromatic heterocycles. The third kappa shape index (κ3) is 3.07. The summed E-state index contributed by atoms with van der Waals surface area (Å²) in [5, 5.41) is 3.41. The smallest absolute Gasteiger partial charge is 0.0366 e. The lowest BCUT2D eigenvalue weighted by molar-refractivity contribution is 0.287. The zero-order chi connectivity index (χ0) is 11.5. The van der Waals surface area contributed by atoms with Crippen molar-refractivity contribution in [1.82, 2.24) is 5.32 Å². The van der Waals surface area contributed by atoms with Crippen molar-refractivity contribution >= 4 is 0 Å². The van der Waals surface area contributed by atoms with Gasteiger partial charge in [-0.1, -0.05) is 52.0 Å². The number of rotatable bonds is 3. The topological polar surface area (TPSA) is 12.0 Å². The second-order valence-corrected chi connectivity index (χ2v) is 5.19. The van der Waals surface area contributed by atoms with E-state index in [2.05, 4.69) is 57.3 Å². The van der Waals surface area contributed by atoms with Crippen LogP contribution in [0.1, 0.15) is 44.9 Å². The standard InChI is InChI=1S/C14H23N/c1-6-11-8-7-9-12(10-11)13(15-5)14(2,3)4/h7-10,13,15H,6H2,1-5H3. The summed E-state index contributed by atoms with van der Waals surface area (Å²) >= 11 is 0. The third-order valence-corrected chi connectivity index (χ3v) is 2.85. The molecule has 0 heterocycles. The lowest BCUT2D eigenvalue weighted by Gasteiger charge is -2.31. The molecule has 0 spiro atoms. The molecule has 1 N–H and O–H groups in total. The predicted molar refractivity (Wildman–Crippen MR) is 67.1 cm³/mol. The molecule has 0 aliphatic heterocycles. The highest BCUT2D eigenvalue weighted by Crippen LogP contribution is 2.32. The Morgan fingerprint density at radius 1 is 1.27 bits per heavy atom. The van der Waals surface area contributed by atoms with E-state index in [9.17, 15) is 0 Å². The van der Waals surface area contributed by atoms with Crippen LogP contribution in [0.4, 0.5) is 0 Å². The van der Waals surface area contributed by atoms with Gasteiger partial charge in [-0.25, -0.2) is 0 Å². The van der Waals surface area contributed by atoms with Crippen molar-refractivity contribution in [3.8, 4) is 0 Å². The monoisotopic (exact) mass is 205 g/mol. The van der Waals surface area contributed by atoms with Gasteiger partial charge in [0.1, 0.15) is 0 Å². The molecular formula is C14H23N. The van der Waals surface area contributed by atoms with Crippen molar-refractivity contribution in [2.24, 2.45) is 5.41 Å². The number of hydrogen-bond donors (Lipinski definition) is 1. The number of nitrogens with one attached hydrogen (secondary N) is 1. The van der Waals surface area contributed by atoms with Crippen LogP contribution in [-0.4, -0.2) is 7.05 Å². The molecule has 1 rings (SSSR count). The van der Waals surface area contributed by atoms with Gasteiger partial charge in [-0.2, -0.15) is 0 Å². The largest absolute Gasteiger partial charge is 0.313 e. The first-order valence-electron chi connectivity index (χ1n) is 5.75. The summed E-state index contributed by atoms with van der Waals surface area (Å²) in [7, 11) is 2.04. The van der Waals surface area contributed by atoms with E-state index in [0.717, 1.165) is 6.42 Å².